The van der Waals surface area contributed by atoms with Gasteiger partial charge < -0.3 is 20.4 Å². The van der Waals surface area contributed by atoms with Crippen molar-refractivity contribution in [3.63, 3.8) is 0 Å². The fourth-order valence-corrected chi connectivity index (χ4v) is 6.96. The van der Waals surface area contributed by atoms with E-state index in [-0.39, 0.29) is 34.5 Å². The molecule has 3 saturated carbocycles. The van der Waals surface area contributed by atoms with Crippen LogP contribution in [-0.4, -0.2) is 44.8 Å². The standard InChI is InChI=1S/C21H30O4/c1-4-11-7-13(22)8-12-9-16(23)18-14(21(11,12)3)5-6-20(2)15(18)10-17(24)19(20)25/h1,9,11,13-19,22-25H,5-8,10H2,2-3H3/t11?,13-,14+,15+,16+,17-,18-,19+,20+,21+/m1/s1. The van der Waals surface area contributed by atoms with Crippen LogP contribution in [0.4, 0.5) is 0 Å². The number of aliphatic hydroxyl groups is 4. The zero-order valence-corrected chi connectivity index (χ0v) is 15.1. The molecule has 0 spiro atoms. The first-order valence-electron chi connectivity index (χ1n) is 9.63. The highest BCUT2D eigenvalue weighted by Gasteiger charge is 2.64. The number of rotatable bonds is 0. The fourth-order valence-electron chi connectivity index (χ4n) is 6.96. The van der Waals surface area contributed by atoms with Crippen LogP contribution in [0, 0.1) is 46.8 Å². The van der Waals surface area contributed by atoms with Crippen LogP contribution in [0.15, 0.2) is 11.6 Å². The number of terminal acetylenes is 1. The molecule has 0 amide bonds. The summed E-state index contributed by atoms with van der Waals surface area (Å²) in [5.41, 5.74) is 0.548. The van der Waals surface area contributed by atoms with Crippen LogP contribution in [0.2, 0.25) is 0 Å². The number of hydrogen-bond acceptors (Lipinski definition) is 4. The first kappa shape index (κ1) is 17.5. The monoisotopic (exact) mass is 346 g/mol. The Kier molecular flexibility index (Phi) is 3.91. The summed E-state index contributed by atoms with van der Waals surface area (Å²) in [5.74, 6) is 3.21. The van der Waals surface area contributed by atoms with Gasteiger partial charge in [-0.2, -0.15) is 0 Å². The molecule has 10 atom stereocenters. The van der Waals surface area contributed by atoms with Crippen LogP contribution < -0.4 is 0 Å². The van der Waals surface area contributed by atoms with Crippen LogP contribution in [0.25, 0.3) is 0 Å². The minimum Gasteiger partial charge on any atom is -0.393 e. The second-order valence-corrected chi connectivity index (χ2v) is 9.36. The highest BCUT2D eigenvalue weighted by molar-refractivity contribution is 5.32. The average molecular weight is 346 g/mol. The molecule has 0 bridgehead atoms. The van der Waals surface area contributed by atoms with Crippen molar-refractivity contribution in [3.05, 3.63) is 11.6 Å². The molecule has 25 heavy (non-hydrogen) atoms. The molecule has 138 valence electrons. The Morgan fingerprint density at radius 2 is 1.84 bits per heavy atom. The zero-order valence-electron chi connectivity index (χ0n) is 15.1. The van der Waals surface area contributed by atoms with Crippen molar-refractivity contribution in [2.75, 3.05) is 0 Å². The third kappa shape index (κ3) is 2.16. The van der Waals surface area contributed by atoms with Crippen molar-refractivity contribution in [1.82, 2.24) is 0 Å². The van der Waals surface area contributed by atoms with Crippen molar-refractivity contribution in [3.8, 4) is 12.3 Å². The van der Waals surface area contributed by atoms with Gasteiger partial charge in [-0.3, -0.25) is 0 Å². The molecule has 4 heteroatoms. The van der Waals surface area contributed by atoms with Gasteiger partial charge in [0, 0.05) is 11.3 Å². The van der Waals surface area contributed by atoms with Gasteiger partial charge in [-0.15, -0.1) is 12.3 Å². The molecule has 4 aliphatic rings. The Bertz CT molecular complexity index is 636. The van der Waals surface area contributed by atoms with Crippen LogP contribution in [0.1, 0.15) is 46.0 Å². The van der Waals surface area contributed by atoms with Crippen LogP contribution in [-0.2, 0) is 0 Å². The summed E-state index contributed by atoms with van der Waals surface area (Å²) >= 11 is 0. The predicted molar refractivity (Wildman–Crippen MR) is 94.2 cm³/mol. The molecule has 0 aromatic rings. The quantitative estimate of drug-likeness (QED) is 0.396. The Morgan fingerprint density at radius 3 is 2.52 bits per heavy atom. The smallest absolute Gasteiger partial charge is 0.0855 e. The number of aliphatic hydroxyl groups excluding tert-OH is 4. The lowest BCUT2D eigenvalue weighted by molar-refractivity contribution is -0.117. The van der Waals surface area contributed by atoms with E-state index in [4.69, 9.17) is 6.42 Å². The molecule has 0 saturated heterocycles. The highest BCUT2D eigenvalue weighted by Crippen LogP contribution is 2.65. The van der Waals surface area contributed by atoms with Crippen molar-refractivity contribution < 1.29 is 20.4 Å². The van der Waals surface area contributed by atoms with E-state index in [9.17, 15) is 20.4 Å². The molecule has 3 fully saturated rings. The summed E-state index contributed by atoms with van der Waals surface area (Å²) in [4.78, 5) is 0. The van der Waals surface area contributed by atoms with Crippen molar-refractivity contribution >= 4 is 0 Å². The molecule has 0 aromatic carbocycles. The summed E-state index contributed by atoms with van der Waals surface area (Å²) < 4.78 is 0. The van der Waals surface area contributed by atoms with E-state index in [0.717, 1.165) is 18.4 Å². The Labute approximate surface area is 150 Å². The Balaban J connectivity index is 1.79. The van der Waals surface area contributed by atoms with Crippen LogP contribution >= 0.6 is 0 Å². The second kappa shape index (κ2) is 5.57. The van der Waals surface area contributed by atoms with Crippen molar-refractivity contribution in [2.45, 2.75) is 70.4 Å². The average Bonchev–Trinajstić information content (AvgIpc) is 2.79. The minimum atomic E-state index is -0.722. The molecule has 0 aliphatic heterocycles. The molecule has 0 radical (unpaired) electrons. The maximum absolute atomic E-state index is 11.0. The molecule has 0 heterocycles. The SMILES string of the molecule is C#CC1C[C@@H](O)CC2=C[C@H](O)[C@H]3[C@@H]4C[C@@H](O)[C@H](O)[C@@]4(C)CC[C@@H]3[C@]21C. The van der Waals surface area contributed by atoms with E-state index in [1.165, 1.54) is 0 Å². The highest BCUT2D eigenvalue weighted by atomic mass is 16.3. The van der Waals surface area contributed by atoms with Gasteiger partial charge in [0.2, 0.25) is 0 Å². The lowest BCUT2D eigenvalue weighted by Crippen LogP contribution is -2.57. The normalized spacial score (nSPS) is 57.7. The van der Waals surface area contributed by atoms with Crippen LogP contribution in [0.3, 0.4) is 0 Å². The molecule has 4 N–H and O–H groups in total. The summed E-state index contributed by atoms with van der Waals surface area (Å²) in [6.07, 6.45) is 8.78. The first-order valence-corrected chi connectivity index (χ1v) is 9.63. The largest absolute Gasteiger partial charge is 0.393 e. The van der Waals surface area contributed by atoms with E-state index in [1.807, 2.05) is 6.08 Å². The van der Waals surface area contributed by atoms with Gasteiger partial charge in [-0.05, 0) is 55.3 Å². The lowest BCUT2D eigenvalue weighted by atomic mass is 9.45. The molecular formula is C21H30O4. The van der Waals surface area contributed by atoms with E-state index >= 15 is 0 Å². The molecule has 1 unspecified atom stereocenters. The van der Waals surface area contributed by atoms with Crippen LogP contribution in [0.5, 0.6) is 0 Å². The number of fused-ring (bicyclic) bond motifs is 5. The van der Waals surface area contributed by atoms with Crippen molar-refractivity contribution in [1.29, 1.82) is 0 Å². The maximum Gasteiger partial charge on any atom is 0.0855 e. The second-order valence-electron chi connectivity index (χ2n) is 9.36. The van der Waals surface area contributed by atoms with Gasteiger partial charge in [0.05, 0.1) is 24.4 Å². The molecular weight excluding hydrogens is 316 g/mol. The van der Waals surface area contributed by atoms with E-state index < -0.39 is 24.4 Å². The third-order valence-electron chi connectivity index (χ3n) is 8.42. The van der Waals surface area contributed by atoms with Gasteiger partial charge in [0.25, 0.3) is 0 Å². The minimum absolute atomic E-state index is 0.00499. The third-order valence-corrected chi connectivity index (χ3v) is 8.42. The van der Waals surface area contributed by atoms with Crippen molar-refractivity contribution in [2.24, 2.45) is 34.5 Å². The lowest BCUT2D eigenvalue weighted by Gasteiger charge is -2.60. The van der Waals surface area contributed by atoms with Gasteiger partial charge >= 0.3 is 0 Å². The Morgan fingerprint density at radius 1 is 1.12 bits per heavy atom. The van der Waals surface area contributed by atoms with Gasteiger partial charge in [-0.25, -0.2) is 0 Å². The van der Waals surface area contributed by atoms with Gasteiger partial charge in [-0.1, -0.05) is 25.5 Å². The topological polar surface area (TPSA) is 80.9 Å². The maximum atomic E-state index is 11.0. The molecule has 4 rings (SSSR count). The summed E-state index contributed by atoms with van der Waals surface area (Å²) in [5, 5.41) is 42.0. The van der Waals surface area contributed by atoms with Gasteiger partial charge in [0.1, 0.15) is 0 Å². The molecule has 0 aromatic heterocycles. The molecule has 4 nitrogen and oxygen atoms in total. The Hall–Kier alpha value is -0.860. The predicted octanol–water partition coefficient (Wildman–Crippen LogP) is 1.47. The van der Waals surface area contributed by atoms with E-state index in [1.54, 1.807) is 0 Å². The summed E-state index contributed by atoms with van der Waals surface area (Å²) in [6, 6.07) is 0. The first-order chi connectivity index (χ1) is 11.7. The summed E-state index contributed by atoms with van der Waals surface area (Å²) in [7, 11) is 0. The van der Waals surface area contributed by atoms with E-state index in [0.29, 0.717) is 19.3 Å². The van der Waals surface area contributed by atoms with Gasteiger partial charge in [0.15, 0.2) is 0 Å². The molecule has 4 aliphatic carbocycles. The zero-order chi connectivity index (χ0) is 18.1. The van der Waals surface area contributed by atoms with E-state index in [2.05, 4.69) is 19.8 Å². The summed E-state index contributed by atoms with van der Waals surface area (Å²) in [6.45, 7) is 4.27. The number of hydrogen-bond donors (Lipinski definition) is 4. The fraction of sp³-hybridized carbons (Fsp3) is 0.810.